The number of fused-ring (bicyclic) bond motifs is 1. The molecule has 0 aromatic heterocycles. The number of halogens is 1. The zero-order valence-electron chi connectivity index (χ0n) is 9.68. The molecule has 18 heavy (non-hydrogen) atoms. The van der Waals surface area contributed by atoms with E-state index in [0.717, 1.165) is 4.90 Å². The molecule has 0 saturated heterocycles. The molecule has 0 unspecified atom stereocenters. The maximum absolute atomic E-state index is 12.0. The van der Waals surface area contributed by atoms with E-state index in [1.807, 2.05) is 0 Å². The number of amides is 1. The number of nitrogens with zero attached hydrogens (tertiary/aromatic N) is 1. The average molecular weight is 269 g/mol. The normalized spacial score (nSPS) is 18.2. The fourth-order valence-electron chi connectivity index (χ4n) is 1.85. The van der Waals surface area contributed by atoms with Gasteiger partial charge in [-0.25, -0.2) is 0 Å². The second-order valence-corrected chi connectivity index (χ2v) is 4.36. The Labute approximate surface area is 109 Å². The first kappa shape index (κ1) is 12.7. The molecule has 1 aliphatic heterocycles. The average Bonchev–Trinajstić information content (AvgIpc) is 2.32. The van der Waals surface area contributed by atoms with Crippen molar-refractivity contribution >= 4 is 29.2 Å². The van der Waals surface area contributed by atoms with E-state index < -0.39 is 24.5 Å². The second-order valence-electron chi connectivity index (χ2n) is 3.92. The molecule has 0 aliphatic carbocycles. The summed E-state index contributed by atoms with van der Waals surface area (Å²) in [7, 11) is 0. The first-order valence-corrected chi connectivity index (χ1v) is 5.88. The summed E-state index contributed by atoms with van der Waals surface area (Å²) in [5, 5.41) is 11.1. The number of hydrogen-bond donors (Lipinski definition) is 0. The molecule has 0 radical (unpaired) electrons. The van der Waals surface area contributed by atoms with Crippen molar-refractivity contribution in [2.45, 2.75) is 19.4 Å². The van der Waals surface area contributed by atoms with Crippen LogP contribution in [-0.4, -0.2) is 24.5 Å². The second kappa shape index (κ2) is 4.86. The first-order valence-electron chi connectivity index (χ1n) is 5.50. The summed E-state index contributed by atoms with van der Waals surface area (Å²) in [6.45, 7) is 1.28. The molecule has 2 rings (SSSR count). The zero-order valence-corrected chi connectivity index (χ0v) is 10.4. The van der Waals surface area contributed by atoms with Crippen molar-refractivity contribution in [2.24, 2.45) is 0 Å². The fourth-order valence-corrected chi connectivity index (χ4v) is 2.01. The van der Waals surface area contributed by atoms with E-state index in [2.05, 4.69) is 0 Å². The third-order valence-electron chi connectivity index (χ3n) is 2.68. The van der Waals surface area contributed by atoms with E-state index in [-0.39, 0.29) is 0 Å². The van der Waals surface area contributed by atoms with Crippen LogP contribution in [0.5, 0.6) is 5.75 Å². The van der Waals surface area contributed by atoms with Crippen LogP contribution in [-0.2, 0) is 9.59 Å². The summed E-state index contributed by atoms with van der Waals surface area (Å²) in [6.07, 6.45) is -0.206. The lowest BCUT2D eigenvalue weighted by molar-refractivity contribution is -0.303. The number of hydrogen-bond acceptors (Lipinski definition) is 4. The maximum Gasteiger partial charge on any atom is 0.268 e. The van der Waals surface area contributed by atoms with Crippen LogP contribution in [0.2, 0.25) is 5.02 Å². The molecule has 0 fully saturated rings. The standard InChI is InChI=1S/C12H12ClNO4/c1-2-9-12(17)14(6-11(15)16)8-5-7(13)3-4-10(8)18-9/h3-5,9H,2,6H2,1H3,(H,15,16)/p-1/t9-/m0/s1. The molecular formula is C12H11ClNO4-. The van der Waals surface area contributed by atoms with E-state index >= 15 is 0 Å². The summed E-state index contributed by atoms with van der Waals surface area (Å²) >= 11 is 5.84. The van der Waals surface area contributed by atoms with Crippen molar-refractivity contribution in [3.63, 3.8) is 0 Å². The number of ether oxygens (including phenoxy) is 1. The predicted octanol–water partition coefficient (Wildman–Crippen LogP) is 0.594. The Morgan fingerprint density at radius 2 is 2.28 bits per heavy atom. The Bertz CT molecular complexity index is 503. The number of carbonyl (C=O) groups is 2. The van der Waals surface area contributed by atoms with E-state index in [0.29, 0.717) is 22.9 Å². The van der Waals surface area contributed by atoms with Gasteiger partial charge in [-0.1, -0.05) is 18.5 Å². The Balaban J connectivity index is 2.45. The summed E-state index contributed by atoms with van der Waals surface area (Å²) < 4.78 is 5.50. The van der Waals surface area contributed by atoms with E-state index in [4.69, 9.17) is 16.3 Å². The Morgan fingerprint density at radius 1 is 1.56 bits per heavy atom. The summed E-state index contributed by atoms with van der Waals surface area (Å²) in [6, 6.07) is 4.75. The lowest BCUT2D eigenvalue weighted by Gasteiger charge is -2.34. The van der Waals surface area contributed by atoms with Crippen molar-refractivity contribution < 1.29 is 19.4 Å². The molecular weight excluding hydrogens is 258 g/mol. The van der Waals surface area contributed by atoms with Gasteiger partial charge in [0, 0.05) is 5.02 Å². The number of anilines is 1. The highest BCUT2D eigenvalue weighted by Crippen LogP contribution is 2.36. The molecule has 0 bridgehead atoms. The third kappa shape index (κ3) is 2.26. The molecule has 0 N–H and O–H groups in total. The van der Waals surface area contributed by atoms with Gasteiger partial charge >= 0.3 is 0 Å². The van der Waals surface area contributed by atoms with Crippen LogP contribution in [0.1, 0.15) is 13.3 Å². The first-order chi connectivity index (χ1) is 8.52. The molecule has 0 saturated carbocycles. The Morgan fingerprint density at radius 3 is 2.89 bits per heavy atom. The smallest absolute Gasteiger partial charge is 0.268 e. The van der Waals surface area contributed by atoms with Gasteiger partial charge < -0.3 is 19.5 Å². The van der Waals surface area contributed by atoms with Gasteiger partial charge in [-0.15, -0.1) is 0 Å². The summed E-state index contributed by atoms with van der Waals surface area (Å²) in [4.78, 5) is 23.9. The lowest BCUT2D eigenvalue weighted by Crippen LogP contribution is -2.50. The molecule has 1 atom stereocenters. The number of aliphatic carboxylic acids is 1. The molecule has 1 heterocycles. The van der Waals surface area contributed by atoms with Crippen molar-refractivity contribution in [3.8, 4) is 5.75 Å². The van der Waals surface area contributed by atoms with E-state index in [1.165, 1.54) is 6.07 Å². The van der Waals surface area contributed by atoms with E-state index in [1.54, 1.807) is 19.1 Å². The topological polar surface area (TPSA) is 69.7 Å². The number of carbonyl (C=O) groups excluding carboxylic acids is 2. The molecule has 6 heteroatoms. The largest absolute Gasteiger partial charge is 0.548 e. The quantitative estimate of drug-likeness (QED) is 0.805. The highest BCUT2D eigenvalue weighted by atomic mass is 35.5. The van der Waals surface area contributed by atoms with Gasteiger partial charge in [-0.05, 0) is 24.6 Å². The molecule has 0 spiro atoms. The van der Waals surface area contributed by atoms with Crippen molar-refractivity contribution in [3.05, 3.63) is 23.2 Å². The summed E-state index contributed by atoms with van der Waals surface area (Å²) in [5.41, 5.74) is 0.362. The van der Waals surface area contributed by atoms with Crippen LogP contribution in [0.25, 0.3) is 0 Å². The number of carboxylic acids is 1. The molecule has 5 nitrogen and oxygen atoms in total. The van der Waals surface area contributed by atoms with Gasteiger partial charge in [0.15, 0.2) is 6.10 Å². The fraction of sp³-hybridized carbons (Fsp3) is 0.333. The van der Waals surface area contributed by atoms with E-state index in [9.17, 15) is 14.7 Å². The minimum atomic E-state index is -1.33. The Hall–Kier alpha value is -1.75. The van der Waals surface area contributed by atoms with Gasteiger partial charge in [0.2, 0.25) is 0 Å². The molecule has 1 aromatic rings. The maximum atomic E-state index is 12.0. The highest BCUT2D eigenvalue weighted by Gasteiger charge is 2.33. The predicted molar refractivity (Wildman–Crippen MR) is 63.5 cm³/mol. The van der Waals surface area contributed by atoms with Gasteiger partial charge in [0.1, 0.15) is 5.75 Å². The number of benzene rings is 1. The molecule has 1 amide bonds. The zero-order chi connectivity index (χ0) is 13.3. The molecule has 1 aliphatic rings. The molecule has 96 valence electrons. The minimum Gasteiger partial charge on any atom is -0.548 e. The van der Waals surface area contributed by atoms with Crippen LogP contribution < -0.4 is 14.7 Å². The highest BCUT2D eigenvalue weighted by molar-refractivity contribution is 6.31. The SMILES string of the molecule is CC[C@@H]1Oc2ccc(Cl)cc2N(CC(=O)[O-])C1=O. The van der Waals surface area contributed by atoms with Gasteiger partial charge in [0.05, 0.1) is 18.2 Å². The molecule has 1 aromatic carbocycles. The third-order valence-corrected chi connectivity index (χ3v) is 2.92. The van der Waals surface area contributed by atoms with Crippen LogP contribution >= 0.6 is 11.6 Å². The number of rotatable bonds is 3. The number of carboxylic acid groups (broad SMARTS) is 1. The minimum absolute atomic E-state index is 0.362. The Kier molecular flexibility index (Phi) is 3.43. The van der Waals surface area contributed by atoms with Crippen LogP contribution in [0.4, 0.5) is 5.69 Å². The van der Waals surface area contributed by atoms with Crippen LogP contribution in [0.15, 0.2) is 18.2 Å². The van der Waals surface area contributed by atoms with Crippen LogP contribution in [0.3, 0.4) is 0 Å². The van der Waals surface area contributed by atoms with Crippen molar-refractivity contribution in [1.82, 2.24) is 0 Å². The van der Waals surface area contributed by atoms with Gasteiger partial charge in [-0.2, -0.15) is 0 Å². The van der Waals surface area contributed by atoms with Gasteiger partial charge in [-0.3, -0.25) is 4.79 Å². The van der Waals surface area contributed by atoms with Crippen molar-refractivity contribution in [1.29, 1.82) is 0 Å². The summed E-state index contributed by atoms with van der Waals surface area (Å²) in [5.74, 6) is -1.27. The van der Waals surface area contributed by atoms with Gasteiger partial charge in [0.25, 0.3) is 5.91 Å². The van der Waals surface area contributed by atoms with Crippen molar-refractivity contribution in [2.75, 3.05) is 11.4 Å². The monoisotopic (exact) mass is 268 g/mol. The lowest BCUT2D eigenvalue weighted by atomic mass is 10.1. The van der Waals surface area contributed by atoms with Crippen LogP contribution in [0, 0.1) is 0 Å².